The first-order valence-electron chi connectivity index (χ1n) is 5.27. The summed E-state index contributed by atoms with van der Waals surface area (Å²) in [7, 11) is 0. The molecule has 104 valence electrons. The summed E-state index contributed by atoms with van der Waals surface area (Å²) in [6.07, 6.45) is -3.79. The van der Waals surface area contributed by atoms with Crippen LogP contribution in [-0.2, 0) is 4.74 Å². The average Bonchev–Trinajstić information content (AvgIpc) is 2.70. The van der Waals surface area contributed by atoms with Crippen LogP contribution >= 0.6 is 0 Å². The molecule has 0 amide bonds. The van der Waals surface area contributed by atoms with Gasteiger partial charge in [-0.3, -0.25) is 4.57 Å². The zero-order valence-electron chi connectivity index (χ0n) is 9.53. The number of rotatable bonds is 2. The molecular weight excluding hydrogens is 264 g/mol. The molecular formula is C10H11F2N3O4. The van der Waals surface area contributed by atoms with Crippen LogP contribution in [0.3, 0.4) is 0 Å². The molecule has 2 rings (SSSR count). The summed E-state index contributed by atoms with van der Waals surface area (Å²) in [5, 5.41) is 18.3. The van der Waals surface area contributed by atoms with Gasteiger partial charge in [0, 0.05) is 5.57 Å². The Morgan fingerprint density at radius 1 is 1.63 bits per heavy atom. The highest BCUT2D eigenvalue weighted by atomic mass is 19.1. The number of aliphatic hydroxyl groups excluding tert-OH is 1. The zero-order chi connectivity index (χ0) is 14.2. The van der Waals surface area contributed by atoms with Crippen molar-refractivity contribution in [3.8, 4) is 5.75 Å². The SMILES string of the molecule is Nc1nc(=O)n(C2OC(CO)C(F)/C2=C\F)cc1O. The normalized spacial score (nSPS) is 29.0. The number of halogens is 2. The van der Waals surface area contributed by atoms with Crippen LogP contribution in [-0.4, -0.2) is 38.6 Å². The van der Waals surface area contributed by atoms with Crippen LogP contribution in [0.4, 0.5) is 14.6 Å². The van der Waals surface area contributed by atoms with E-state index in [9.17, 15) is 18.7 Å². The summed E-state index contributed by atoms with van der Waals surface area (Å²) in [5.74, 6) is -0.926. The summed E-state index contributed by atoms with van der Waals surface area (Å²) >= 11 is 0. The number of aromatic hydroxyl groups is 1. The van der Waals surface area contributed by atoms with Gasteiger partial charge in [-0.2, -0.15) is 4.98 Å². The van der Waals surface area contributed by atoms with Crippen molar-refractivity contribution >= 4 is 5.82 Å². The summed E-state index contributed by atoms with van der Waals surface area (Å²) in [4.78, 5) is 14.9. The maximum absolute atomic E-state index is 13.7. The van der Waals surface area contributed by atoms with Crippen molar-refractivity contribution < 1.29 is 23.7 Å². The highest BCUT2D eigenvalue weighted by molar-refractivity contribution is 5.42. The van der Waals surface area contributed by atoms with Gasteiger partial charge in [0.25, 0.3) is 0 Å². The number of aliphatic hydroxyl groups is 1. The van der Waals surface area contributed by atoms with Gasteiger partial charge in [-0.15, -0.1) is 0 Å². The Morgan fingerprint density at radius 2 is 2.32 bits per heavy atom. The van der Waals surface area contributed by atoms with Crippen molar-refractivity contribution in [2.45, 2.75) is 18.5 Å². The van der Waals surface area contributed by atoms with Crippen molar-refractivity contribution in [3.05, 3.63) is 28.6 Å². The van der Waals surface area contributed by atoms with Crippen molar-refractivity contribution in [1.29, 1.82) is 0 Å². The Balaban J connectivity index is 2.47. The van der Waals surface area contributed by atoms with Gasteiger partial charge in [0.2, 0.25) is 0 Å². The number of alkyl halides is 1. The van der Waals surface area contributed by atoms with E-state index >= 15 is 0 Å². The van der Waals surface area contributed by atoms with Crippen LogP contribution in [0.2, 0.25) is 0 Å². The van der Waals surface area contributed by atoms with E-state index in [1.54, 1.807) is 0 Å². The molecule has 2 heterocycles. The highest BCUT2D eigenvalue weighted by Gasteiger charge is 2.42. The number of nitrogens with two attached hydrogens (primary N) is 1. The highest BCUT2D eigenvalue weighted by Crippen LogP contribution is 2.36. The van der Waals surface area contributed by atoms with Crippen molar-refractivity contribution in [2.24, 2.45) is 0 Å². The second-order valence-corrected chi connectivity index (χ2v) is 3.92. The molecule has 4 N–H and O–H groups in total. The van der Waals surface area contributed by atoms with E-state index in [0.29, 0.717) is 4.57 Å². The molecule has 9 heteroatoms. The predicted octanol–water partition coefficient (Wildman–Crippen LogP) is -0.388. The summed E-state index contributed by atoms with van der Waals surface area (Å²) in [5.41, 5.74) is 3.80. The molecule has 7 nitrogen and oxygen atoms in total. The van der Waals surface area contributed by atoms with E-state index in [1.165, 1.54) is 0 Å². The second kappa shape index (κ2) is 4.94. The summed E-state index contributed by atoms with van der Waals surface area (Å²) in [6.45, 7) is -0.682. The minimum Gasteiger partial charge on any atom is -0.503 e. The van der Waals surface area contributed by atoms with Gasteiger partial charge in [-0.05, 0) is 0 Å². The van der Waals surface area contributed by atoms with Gasteiger partial charge < -0.3 is 20.7 Å². The van der Waals surface area contributed by atoms with E-state index in [0.717, 1.165) is 6.20 Å². The average molecular weight is 275 g/mol. The lowest BCUT2D eigenvalue weighted by molar-refractivity contribution is -0.0323. The Kier molecular flexibility index (Phi) is 3.49. The van der Waals surface area contributed by atoms with Gasteiger partial charge >= 0.3 is 5.69 Å². The van der Waals surface area contributed by atoms with Crippen LogP contribution in [0.25, 0.3) is 0 Å². The molecule has 3 atom stereocenters. The number of hydrogen-bond donors (Lipinski definition) is 3. The first-order chi connectivity index (χ1) is 8.99. The lowest BCUT2D eigenvalue weighted by Crippen LogP contribution is -2.28. The maximum atomic E-state index is 13.7. The van der Waals surface area contributed by atoms with E-state index in [4.69, 9.17) is 15.6 Å². The smallest absolute Gasteiger partial charge is 0.352 e. The van der Waals surface area contributed by atoms with Crippen LogP contribution < -0.4 is 11.4 Å². The zero-order valence-corrected chi connectivity index (χ0v) is 9.53. The second-order valence-electron chi connectivity index (χ2n) is 3.92. The molecule has 1 saturated heterocycles. The number of anilines is 1. The molecule has 1 aromatic rings. The van der Waals surface area contributed by atoms with Crippen LogP contribution in [0, 0.1) is 0 Å². The van der Waals surface area contributed by atoms with Crippen LogP contribution in [0.1, 0.15) is 6.23 Å². The molecule has 0 saturated carbocycles. The van der Waals surface area contributed by atoms with Gasteiger partial charge in [0.05, 0.1) is 19.1 Å². The first kappa shape index (κ1) is 13.4. The molecule has 0 radical (unpaired) electrons. The molecule has 1 aromatic heterocycles. The van der Waals surface area contributed by atoms with Gasteiger partial charge in [0.1, 0.15) is 6.10 Å². The molecule has 3 unspecified atom stereocenters. The lowest BCUT2D eigenvalue weighted by Gasteiger charge is -2.15. The predicted molar refractivity (Wildman–Crippen MR) is 59.7 cm³/mol. The molecule has 1 aliphatic rings. The van der Waals surface area contributed by atoms with Gasteiger partial charge in [0.15, 0.2) is 24.0 Å². The Morgan fingerprint density at radius 3 is 2.89 bits per heavy atom. The number of nitrogen functional groups attached to an aromatic ring is 1. The quantitative estimate of drug-likeness (QED) is 0.678. The first-order valence-corrected chi connectivity index (χ1v) is 5.27. The molecule has 1 fully saturated rings. The third-order valence-electron chi connectivity index (χ3n) is 2.75. The minimum atomic E-state index is -1.90. The van der Waals surface area contributed by atoms with E-state index in [-0.39, 0.29) is 6.33 Å². The third kappa shape index (κ3) is 2.17. The number of ether oxygens (including phenoxy) is 1. The Labute approximate surface area is 105 Å². The van der Waals surface area contributed by atoms with Crippen molar-refractivity contribution in [3.63, 3.8) is 0 Å². The van der Waals surface area contributed by atoms with E-state index < -0.39 is 47.9 Å². The topological polar surface area (TPSA) is 111 Å². The standard InChI is InChI=1S/C10H11F2N3O4/c11-1-4-7(12)6(3-16)19-9(4)15-2-5(17)8(13)14-10(15)18/h1-2,6-7,9,16-17H,3H2,(H2,13,14,18)/b4-1+. The minimum absolute atomic E-state index is 0.0369. The Hall–Kier alpha value is -2.00. The van der Waals surface area contributed by atoms with Gasteiger partial charge in [-0.1, -0.05) is 0 Å². The van der Waals surface area contributed by atoms with Crippen LogP contribution in [0.15, 0.2) is 22.9 Å². The molecule has 0 bridgehead atoms. The van der Waals surface area contributed by atoms with Crippen LogP contribution in [0.5, 0.6) is 5.75 Å². The summed E-state index contributed by atoms with van der Waals surface area (Å²) in [6, 6.07) is 0. The van der Waals surface area contributed by atoms with Crippen molar-refractivity contribution in [2.75, 3.05) is 12.3 Å². The largest absolute Gasteiger partial charge is 0.503 e. The summed E-state index contributed by atoms with van der Waals surface area (Å²) < 4.78 is 32.1. The number of hydrogen-bond acceptors (Lipinski definition) is 6. The fourth-order valence-corrected chi connectivity index (χ4v) is 1.78. The molecule has 0 spiro atoms. The molecule has 19 heavy (non-hydrogen) atoms. The van der Waals surface area contributed by atoms with E-state index in [2.05, 4.69) is 4.98 Å². The van der Waals surface area contributed by atoms with Crippen molar-refractivity contribution in [1.82, 2.24) is 9.55 Å². The van der Waals surface area contributed by atoms with E-state index in [1.807, 2.05) is 0 Å². The monoisotopic (exact) mass is 275 g/mol. The molecule has 0 aliphatic carbocycles. The maximum Gasteiger partial charge on any atom is 0.352 e. The molecule has 0 aromatic carbocycles. The van der Waals surface area contributed by atoms with Gasteiger partial charge in [-0.25, -0.2) is 13.6 Å². The molecule has 1 aliphatic heterocycles. The fourth-order valence-electron chi connectivity index (χ4n) is 1.78. The number of aromatic nitrogens is 2. The Bertz CT molecular complexity index is 574. The third-order valence-corrected chi connectivity index (χ3v) is 2.75. The fraction of sp³-hybridized carbons (Fsp3) is 0.400. The lowest BCUT2D eigenvalue weighted by atomic mass is 10.1. The number of nitrogens with zero attached hydrogens (tertiary/aromatic N) is 2.